The molecule has 4 heteroatoms. The predicted molar refractivity (Wildman–Crippen MR) is 73.4 cm³/mol. The fourth-order valence-electron chi connectivity index (χ4n) is 1.72. The molecule has 0 aromatic heterocycles. The summed E-state index contributed by atoms with van der Waals surface area (Å²) in [6.07, 6.45) is 0. The summed E-state index contributed by atoms with van der Waals surface area (Å²) in [6.45, 7) is 1.91. The maximum Gasteiger partial charge on any atom is 0.337 e. The molecule has 0 radical (unpaired) electrons. The summed E-state index contributed by atoms with van der Waals surface area (Å²) in [4.78, 5) is 11.4. The van der Waals surface area contributed by atoms with E-state index in [0.717, 1.165) is 5.56 Å². The molecule has 19 heavy (non-hydrogen) atoms. The average Bonchev–Trinajstić information content (AvgIpc) is 2.41. The van der Waals surface area contributed by atoms with Crippen LogP contribution in [0.5, 0.6) is 11.5 Å². The summed E-state index contributed by atoms with van der Waals surface area (Å²) in [7, 11) is 1.35. The number of hydrogen-bond donors (Lipinski definition) is 1. The molecule has 2 rings (SSSR count). The van der Waals surface area contributed by atoms with E-state index in [1.54, 1.807) is 36.4 Å². The number of aryl methyl sites for hydroxylation is 1. The first-order chi connectivity index (χ1) is 9.10. The zero-order chi connectivity index (χ0) is 13.8. The van der Waals surface area contributed by atoms with Gasteiger partial charge in [0.25, 0.3) is 0 Å². The minimum Gasteiger partial charge on any atom is -0.465 e. The Labute approximate surface area is 111 Å². The van der Waals surface area contributed by atoms with Crippen molar-refractivity contribution in [2.75, 3.05) is 12.8 Å². The Morgan fingerprint density at radius 1 is 1.16 bits per heavy atom. The Bertz CT molecular complexity index is 608. The summed E-state index contributed by atoms with van der Waals surface area (Å²) in [5.74, 6) is 0.895. The molecule has 0 spiro atoms. The van der Waals surface area contributed by atoms with E-state index < -0.39 is 0 Å². The normalized spacial score (nSPS) is 10.0. The van der Waals surface area contributed by atoms with Gasteiger partial charge in [0.05, 0.1) is 12.7 Å². The second kappa shape index (κ2) is 5.44. The van der Waals surface area contributed by atoms with Crippen LogP contribution >= 0.6 is 0 Å². The first-order valence-electron chi connectivity index (χ1n) is 5.82. The van der Waals surface area contributed by atoms with E-state index in [-0.39, 0.29) is 5.97 Å². The SMILES string of the molecule is COC(=O)c1cccc(Oc2ccc(N)cc2C)c1. The number of carbonyl (C=O) groups excluding carboxylic acids is 1. The van der Waals surface area contributed by atoms with Crippen molar-refractivity contribution in [1.29, 1.82) is 0 Å². The van der Waals surface area contributed by atoms with Gasteiger partial charge in [-0.2, -0.15) is 0 Å². The molecule has 98 valence electrons. The van der Waals surface area contributed by atoms with E-state index in [0.29, 0.717) is 22.7 Å². The van der Waals surface area contributed by atoms with Gasteiger partial charge in [-0.25, -0.2) is 4.79 Å². The number of methoxy groups -OCH3 is 1. The Morgan fingerprint density at radius 3 is 2.63 bits per heavy atom. The lowest BCUT2D eigenvalue weighted by Crippen LogP contribution is -2.01. The molecule has 0 atom stereocenters. The summed E-state index contributed by atoms with van der Waals surface area (Å²) < 4.78 is 10.4. The molecule has 0 saturated carbocycles. The van der Waals surface area contributed by atoms with Gasteiger partial charge in [0.1, 0.15) is 11.5 Å². The lowest BCUT2D eigenvalue weighted by molar-refractivity contribution is 0.0600. The third-order valence-corrected chi connectivity index (χ3v) is 2.68. The van der Waals surface area contributed by atoms with Crippen LogP contribution in [-0.4, -0.2) is 13.1 Å². The highest BCUT2D eigenvalue weighted by atomic mass is 16.5. The molecule has 2 aromatic rings. The van der Waals surface area contributed by atoms with Crippen LogP contribution < -0.4 is 10.5 Å². The van der Waals surface area contributed by atoms with Crippen LogP contribution in [0.4, 0.5) is 5.69 Å². The van der Waals surface area contributed by atoms with Crippen LogP contribution in [-0.2, 0) is 4.74 Å². The van der Waals surface area contributed by atoms with E-state index in [2.05, 4.69) is 4.74 Å². The Balaban J connectivity index is 2.26. The van der Waals surface area contributed by atoms with Gasteiger partial charge >= 0.3 is 5.97 Å². The van der Waals surface area contributed by atoms with Gasteiger partial charge in [-0.3, -0.25) is 0 Å². The first kappa shape index (κ1) is 13.0. The zero-order valence-electron chi connectivity index (χ0n) is 10.8. The molecule has 4 nitrogen and oxygen atoms in total. The van der Waals surface area contributed by atoms with Crippen molar-refractivity contribution in [3.8, 4) is 11.5 Å². The van der Waals surface area contributed by atoms with Gasteiger partial charge in [0.15, 0.2) is 0 Å². The minimum atomic E-state index is -0.389. The van der Waals surface area contributed by atoms with Gasteiger partial charge in [-0.1, -0.05) is 6.07 Å². The van der Waals surface area contributed by atoms with Crippen molar-refractivity contribution in [2.24, 2.45) is 0 Å². The van der Waals surface area contributed by atoms with Crippen molar-refractivity contribution >= 4 is 11.7 Å². The quantitative estimate of drug-likeness (QED) is 0.677. The number of anilines is 1. The monoisotopic (exact) mass is 257 g/mol. The first-order valence-corrected chi connectivity index (χ1v) is 5.82. The molecule has 0 fully saturated rings. The zero-order valence-corrected chi connectivity index (χ0v) is 10.8. The van der Waals surface area contributed by atoms with Crippen molar-refractivity contribution in [3.63, 3.8) is 0 Å². The molecule has 0 aliphatic rings. The Kier molecular flexibility index (Phi) is 3.71. The van der Waals surface area contributed by atoms with Crippen LogP contribution in [0.3, 0.4) is 0 Å². The molecule has 0 unspecified atom stereocenters. The number of hydrogen-bond acceptors (Lipinski definition) is 4. The number of benzene rings is 2. The van der Waals surface area contributed by atoms with Crippen molar-refractivity contribution < 1.29 is 14.3 Å². The fourth-order valence-corrected chi connectivity index (χ4v) is 1.72. The van der Waals surface area contributed by atoms with Crippen LogP contribution in [0.25, 0.3) is 0 Å². The van der Waals surface area contributed by atoms with Gasteiger partial charge in [0, 0.05) is 5.69 Å². The van der Waals surface area contributed by atoms with Crippen LogP contribution in [0.1, 0.15) is 15.9 Å². The minimum absolute atomic E-state index is 0.389. The van der Waals surface area contributed by atoms with E-state index in [4.69, 9.17) is 10.5 Å². The third kappa shape index (κ3) is 3.04. The molecule has 0 amide bonds. The molecular weight excluding hydrogens is 242 g/mol. The highest BCUT2D eigenvalue weighted by molar-refractivity contribution is 5.89. The summed E-state index contributed by atoms with van der Waals surface area (Å²) in [6, 6.07) is 12.2. The average molecular weight is 257 g/mol. The van der Waals surface area contributed by atoms with Crippen LogP contribution in [0.15, 0.2) is 42.5 Å². The highest BCUT2D eigenvalue weighted by Crippen LogP contribution is 2.27. The predicted octanol–water partition coefficient (Wildman–Crippen LogP) is 3.16. The number of ether oxygens (including phenoxy) is 2. The highest BCUT2D eigenvalue weighted by Gasteiger charge is 2.07. The molecular formula is C15H15NO3. The number of esters is 1. The Morgan fingerprint density at radius 2 is 1.95 bits per heavy atom. The standard InChI is InChI=1S/C15H15NO3/c1-10-8-12(16)6-7-14(10)19-13-5-3-4-11(9-13)15(17)18-2/h3-9H,16H2,1-2H3. The van der Waals surface area contributed by atoms with E-state index >= 15 is 0 Å². The van der Waals surface area contributed by atoms with Crippen molar-refractivity contribution in [3.05, 3.63) is 53.6 Å². The number of nitrogen functional groups attached to an aromatic ring is 1. The maximum atomic E-state index is 11.4. The van der Waals surface area contributed by atoms with Crippen LogP contribution in [0.2, 0.25) is 0 Å². The van der Waals surface area contributed by atoms with Gasteiger partial charge < -0.3 is 15.2 Å². The van der Waals surface area contributed by atoms with Gasteiger partial charge in [-0.05, 0) is 48.9 Å². The van der Waals surface area contributed by atoms with Gasteiger partial charge in [-0.15, -0.1) is 0 Å². The van der Waals surface area contributed by atoms with E-state index in [1.807, 2.05) is 13.0 Å². The molecule has 0 heterocycles. The molecule has 0 aliphatic carbocycles. The summed E-state index contributed by atoms with van der Waals surface area (Å²) in [5.41, 5.74) is 7.76. The summed E-state index contributed by atoms with van der Waals surface area (Å²) >= 11 is 0. The Hall–Kier alpha value is -2.49. The summed E-state index contributed by atoms with van der Waals surface area (Å²) in [5, 5.41) is 0. The van der Waals surface area contributed by atoms with Crippen LogP contribution in [0, 0.1) is 6.92 Å². The second-order valence-electron chi connectivity index (χ2n) is 4.15. The second-order valence-corrected chi connectivity index (χ2v) is 4.15. The fraction of sp³-hybridized carbons (Fsp3) is 0.133. The number of nitrogens with two attached hydrogens (primary N) is 1. The molecule has 0 saturated heterocycles. The molecule has 0 bridgehead atoms. The molecule has 0 aliphatic heterocycles. The molecule has 2 aromatic carbocycles. The molecule has 2 N–H and O–H groups in total. The maximum absolute atomic E-state index is 11.4. The van der Waals surface area contributed by atoms with Crippen molar-refractivity contribution in [1.82, 2.24) is 0 Å². The largest absolute Gasteiger partial charge is 0.465 e. The van der Waals surface area contributed by atoms with E-state index in [9.17, 15) is 4.79 Å². The van der Waals surface area contributed by atoms with Gasteiger partial charge in [0.2, 0.25) is 0 Å². The smallest absolute Gasteiger partial charge is 0.337 e. The van der Waals surface area contributed by atoms with E-state index in [1.165, 1.54) is 7.11 Å². The lowest BCUT2D eigenvalue weighted by atomic mass is 10.2. The number of carbonyl (C=O) groups is 1. The van der Waals surface area contributed by atoms with Crippen molar-refractivity contribution in [2.45, 2.75) is 6.92 Å². The number of rotatable bonds is 3. The topological polar surface area (TPSA) is 61.5 Å². The lowest BCUT2D eigenvalue weighted by Gasteiger charge is -2.10. The third-order valence-electron chi connectivity index (χ3n) is 2.68.